The van der Waals surface area contributed by atoms with Crippen molar-refractivity contribution in [3.05, 3.63) is 23.0 Å². The molecule has 0 radical (unpaired) electrons. The lowest BCUT2D eigenvalue weighted by Crippen LogP contribution is -1.65. The fourth-order valence-corrected chi connectivity index (χ4v) is 0.949. The summed E-state index contributed by atoms with van der Waals surface area (Å²) in [6, 6.07) is 0. The fourth-order valence-electron chi connectivity index (χ4n) is 0.375. The maximum atomic E-state index is 3.71. The van der Waals surface area contributed by atoms with Gasteiger partial charge in [0.05, 0.1) is 4.91 Å². The minimum Gasteiger partial charge on any atom is -0.101 e. The Bertz CT molecular complexity index is 178. The molecule has 0 heterocycles. The molecule has 0 saturated carbocycles. The average molecular weight is 138 g/mol. The van der Waals surface area contributed by atoms with E-state index in [1.807, 2.05) is 6.92 Å². The summed E-state index contributed by atoms with van der Waals surface area (Å²) in [5, 5.41) is 0. The quantitative estimate of drug-likeness (QED) is 0.529. The summed E-state index contributed by atoms with van der Waals surface area (Å²) in [6.45, 7) is 11.2. The van der Waals surface area contributed by atoms with Crippen molar-refractivity contribution in [2.75, 3.05) is 0 Å². The van der Waals surface area contributed by atoms with Gasteiger partial charge in [0.25, 0.3) is 0 Å². The number of hydrogen-bond donors (Lipinski definition) is 0. The summed E-state index contributed by atoms with van der Waals surface area (Å²) in [5.74, 6) is 5.60. The summed E-state index contributed by atoms with van der Waals surface area (Å²) in [4.78, 5) is 1.90. The van der Waals surface area contributed by atoms with Crippen LogP contribution in [0.25, 0.3) is 0 Å². The standard InChI is InChI=1S/C8H10S/c1-5-6-8(4)9-7(2)3/h2,4H2,1,3H3. The van der Waals surface area contributed by atoms with E-state index in [1.54, 1.807) is 6.92 Å². The smallest absolute Gasteiger partial charge is 0.0545 e. The molecular formula is C8H10S. The van der Waals surface area contributed by atoms with E-state index in [-0.39, 0.29) is 0 Å². The van der Waals surface area contributed by atoms with Gasteiger partial charge >= 0.3 is 0 Å². The van der Waals surface area contributed by atoms with Gasteiger partial charge in [0, 0.05) is 0 Å². The largest absolute Gasteiger partial charge is 0.101 e. The molecule has 0 aliphatic carbocycles. The lowest BCUT2D eigenvalue weighted by atomic mass is 10.6. The SMILES string of the molecule is C=C(C)SC(=C)C#CC. The minimum absolute atomic E-state index is 0.866. The third kappa shape index (κ3) is 5.26. The average Bonchev–Trinajstić information content (AvgIpc) is 1.63. The maximum Gasteiger partial charge on any atom is 0.0545 e. The molecule has 1 heteroatoms. The Morgan fingerprint density at radius 3 is 2.33 bits per heavy atom. The van der Waals surface area contributed by atoms with Crippen molar-refractivity contribution >= 4 is 11.8 Å². The van der Waals surface area contributed by atoms with E-state index in [0.717, 1.165) is 9.81 Å². The predicted octanol–water partition coefficient (Wildman–Crippen LogP) is 2.79. The Morgan fingerprint density at radius 2 is 2.00 bits per heavy atom. The summed E-state index contributed by atoms with van der Waals surface area (Å²) >= 11 is 1.52. The lowest BCUT2D eigenvalue weighted by Gasteiger charge is -1.92. The van der Waals surface area contributed by atoms with Crippen LogP contribution in [0, 0.1) is 11.8 Å². The van der Waals surface area contributed by atoms with E-state index in [0.29, 0.717) is 0 Å². The summed E-state index contributed by atoms with van der Waals surface area (Å²) in [5.41, 5.74) is 0. The van der Waals surface area contributed by atoms with Gasteiger partial charge in [-0.25, -0.2) is 0 Å². The van der Waals surface area contributed by atoms with E-state index in [2.05, 4.69) is 25.0 Å². The van der Waals surface area contributed by atoms with Gasteiger partial charge in [-0.05, 0) is 18.8 Å². The molecule has 0 bridgehead atoms. The highest BCUT2D eigenvalue weighted by Gasteiger charge is 1.87. The summed E-state index contributed by atoms with van der Waals surface area (Å²) in [7, 11) is 0. The molecule has 0 spiro atoms. The molecule has 0 aromatic carbocycles. The van der Waals surface area contributed by atoms with Crippen LogP contribution in [0.1, 0.15) is 13.8 Å². The molecule has 0 rings (SSSR count). The van der Waals surface area contributed by atoms with Crippen molar-refractivity contribution < 1.29 is 0 Å². The Labute approximate surface area is 61.0 Å². The monoisotopic (exact) mass is 138 g/mol. The molecule has 0 N–H and O–H groups in total. The van der Waals surface area contributed by atoms with Gasteiger partial charge in [0.15, 0.2) is 0 Å². The first-order valence-corrected chi connectivity index (χ1v) is 3.43. The van der Waals surface area contributed by atoms with Gasteiger partial charge < -0.3 is 0 Å². The third-order valence-electron chi connectivity index (χ3n) is 0.562. The summed E-state index contributed by atoms with van der Waals surface area (Å²) in [6.07, 6.45) is 0. The van der Waals surface area contributed by atoms with Gasteiger partial charge in [-0.2, -0.15) is 0 Å². The zero-order valence-corrected chi connectivity index (χ0v) is 6.64. The van der Waals surface area contributed by atoms with Gasteiger partial charge in [-0.1, -0.05) is 30.8 Å². The zero-order valence-electron chi connectivity index (χ0n) is 5.82. The van der Waals surface area contributed by atoms with Crippen LogP contribution in [0.2, 0.25) is 0 Å². The molecule has 0 amide bonds. The molecule has 0 unspecified atom stereocenters. The van der Waals surface area contributed by atoms with E-state index >= 15 is 0 Å². The van der Waals surface area contributed by atoms with Crippen molar-refractivity contribution in [3.63, 3.8) is 0 Å². The second kappa shape index (κ2) is 4.29. The van der Waals surface area contributed by atoms with Crippen LogP contribution in [0.15, 0.2) is 23.0 Å². The molecule has 0 nitrogen and oxygen atoms in total. The van der Waals surface area contributed by atoms with Crippen LogP contribution < -0.4 is 0 Å². The van der Waals surface area contributed by atoms with Crippen LogP contribution >= 0.6 is 11.8 Å². The highest BCUT2D eigenvalue weighted by molar-refractivity contribution is 8.06. The van der Waals surface area contributed by atoms with Crippen molar-refractivity contribution in [2.24, 2.45) is 0 Å². The molecule has 0 aliphatic rings. The molecule has 0 saturated heterocycles. The molecular weight excluding hydrogens is 128 g/mol. The van der Waals surface area contributed by atoms with Crippen molar-refractivity contribution in [1.82, 2.24) is 0 Å². The van der Waals surface area contributed by atoms with Gasteiger partial charge in [0.2, 0.25) is 0 Å². The van der Waals surface area contributed by atoms with Gasteiger partial charge in [-0.3, -0.25) is 0 Å². The summed E-state index contributed by atoms with van der Waals surface area (Å²) < 4.78 is 0. The second-order valence-electron chi connectivity index (χ2n) is 1.60. The Morgan fingerprint density at radius 1 is 1.44 bits per heavy atom. The maximum absolute atomic E-state index is 3.71. The molecule has 0 fully saturated rings. The van der Waals surface area contributed by atoms with Crippen molar-refractivity contribution in [2.45, 2.75) is 13.8 Å². The van der Waals surface area contributed by atoms with Gasteiger partial charge in [0.1, 0.15) is 0 Å². The highest BCUT2D eigenvalue weighted by atomic mass is 32.2. The second-order valence-corrected chi connectivity index (χ2v) is 3.00. The third-order valence-corrected chi connectivity index (χ3v) is 1.26. The normalized spacial score (nSPS) is 7.33. The number of thioether (sulfide) groups is 1. The Balaban J connectivity index is 3.74. The zero-order chi connectivity index (χ0) is 7.28. The molecule has 0 aromatic heterocycles. The molecule has 48 valence electrons. The van der Waals surface area contributed by atoms with Crippen LogP contribution in [0.3, 0.4) is 0 Å². The minimum atomic E-state index is 0.866. The molecule has 0 aromatic rings. The van der Waals surface area contributed by atoms with E-state index in [4.69, 9.17) is 0 Å². The first kappa shape index (κ1) is 8.39. The van der Waals surface area contributed by atoms with E-state index < -0.39 is 0 Å². The Hall–Kier alpha value is -0.610. The number of hydrogen-bond acceptors (Lipinski definition) is 1. The van der Waals surface area contributed by atoms with Crippen LogP contribution in [0.5, 0.6) is 0 Å². The van der Waals surface area contributed by atoms with E-state index in [9.17, 15) is 0 Å². The predicted molar refractivity (Wildman–Crippen MR) is 45.0 cm³/mol. The van der Waals surface area contributed by atoms with Crippen LogP contribution in [-0.2, 0) is 0 Å². The Kier molecular flexibility index (Phi) is 4.00. The highest BCUT2D eigenvalue weighted by Crippen LogP contribution is 2.19. The lowest BCUT2D eigenvalue weighted by molar-refractivity contribution is 1.73. The number of allylic oxidation sites excluding steroid dienone is 2. The number of rotatable bonds is 2. The van der Waals surface area contributed by atoms with Crippen LogP contribution in [-0.4, -0.2) is 0 Å². The van der Waals surface area contributed by atoms with E-state index in [1.165, 1.54) is 11.8 Å². The van der Waals surface area contributed by atoms with Crippen molar-refractivity contribution in [3.8, 4) is 11.8 Å². The molecule has 0 aliphatic heterocycles. The topological polar surface area (TPSA) is 0 Å². The first-order valence-electron chi connectivity index (χ1n) is 2.62. The molecule has 9 heavy (non-hydrogen) atoms. The van der Waals surface area contributed by atoms with Gasteiger partial charge in [-0.15, -0.1) is 5.92 Å². The fraction of sp³-hybridized carbons (Fsp3) is 0.250. The first-order chi connectivity index (χ1) is 4.16. The van der Waals surface area contributed by atoms with Crippen molar-refractivity contribution in [1.29, 1.82) is 0 Å². The molecule has 0 atom stereocenters. The van der Waals surface area contributed by atoms with Crippen LogP contribution in [0.4, 0.5) is 0 Å².